The van der Waals surface area contributed by atoms with Crippen molar-refractivity contribution in [1.29, 1.82) is 0 Å². The first-order valence-electron chi connectivity index (χ1n) is 6.53. The van der Waals surface area contributed by atoms with E-state index in [0.29, 0.717) is 17.4 Å². The molecule has 1 aromatic heterocycles. The smallest absolute Gasteiger partial charge is 0.262 e. The van der Waals surface area contributed by atoms with Crippen molar-refractivity contribution in [1.82, 2.24) is 9.55 Å². The Morgan fingerprint density at radius 1 is 1.32 bits per heavy atom. The lowest BCUT2D eigenvalue weighted by Gasteiger charge is -2.11. The van der Waals surface area contributed by atoms with Crippen LogP contribution in [0.15, 0.2) is 28.2 Å². The third kappa shape index (κ3) is 2.92. The molecule has 0 saturated carbocycles. The van der Waals surface area contributed by atoms with Crippen molar-refractivity contribution in [2.45, 2.75) is 38.4 Å². The van der Waals surface area contributed by atoms with Gasteiger partial charge in [-0.05, 0) is 31.0 Å². The number of nitrogens with zero attached hydrogens (tertiary/aromatic N) is 2. The second kappa shape index (κ2) is 6.10. The van der Waals surface area contributed by atoms with E-state index in [-0.39, 0.29) is 11.3 Å². The van der Waals surface area contributed by atoms with Gasteiger partial charge in [0.2, 0.25) is 0 Å². The van der Waals surface area contributed by atoms with Crippen LogP contribution >= 0.6 is 11.8 Å². The van der Waals surface area contributed by atoms with Gasteiger partial charge in [-0.1, -0.05) is 25.6 Å². The minimum absolute atomic E-state index is 0.0682. The summed E-state index contributed by atoms with van der Waals surface area (Å²) < 4.78 is 1.71. The Labute approximate surface area is 116 Å². The van der Waals surface area contributed by atoms with Gasteiger partial charge in [-0.3, -0.25) is 9.36 Å². The Balaban J connectivity index is 2.63. The Kier molecular flexibility index (Phi) is 4.47. The minimum atomic E-state index is -0.0682. The average molecular weight is 278 g/mol. The number of benzene rings is 1. The van der Waals surface area contributed by atoms with E-state index in [2.05, 4.69) is 11.9 Å². The summed E-state index contributed by atoms with van der Waals surface area (Å²) in [5.74, 6) is 1.04. The maximum atomic E-state index is 12.5. The SMILES string of the molecule is CCCSc1nc2ccc(O)cc2c(=O)n1CCC. The van der Waals surface area contributed by atoms with Crippen molar-refractivity contribution < 1.29 is 5.11 Å². The predicted molar refractivity (Wildman–Crippen MR) is 79.0 cm³/mol. The van der Waals surface area contributed by atoms with Crippen LogP contribution in [0, 0.1) is 0 Å². The topological polar surface area (TPSA) is 55.1 Å². The lowest BCUT2D eigenvalue weighted by atomic mass is 10.2. The number of phenols is 1. The van der Waals surface area contributed by atoms with Crippen molar-refractivity contribution in [3.8, 4) is 5.75 Å². The van der Waals surface area contributed by atoms with Gasteiger partial charge in [0.15, 0.2) is 5.16 Å². The van der Waals surface area contributed by atoms with Gasteiger partial charge in [0, 0.05) is 12.3 Å². The fourth-order valence-corrected chi connectivity index (χ4v) is 2.79. The molecule has 0 spiro atoms. The van der Waals surface area contributed by atoms with E-state index in [1.807, 2.05) is 6.92 Å². The molecule has 0 aliphatic rings. The van der Waals surface area contributed by atoms with Crippen LogP contribution in [0.3, 0.4) is 0 Å². The molecule has 0 bridgehead atoms. The first-order chi connectivity index (χ1) is 9.17. The number of hydrogen-bond acceptors (Lipinski definition) is 4. The fraction of sp³-hybridized carbons (Fsp3) is 0.429. The van der Waals surface area contributed by atoms with Gasteiger partial charge in [-0.25, -0.2) is 4.98 Å². The van der Waals surface area contributed by atoms with Crippen LogP contribution in [-0.4, -0.2) is 20.4 Å². The minimum Gasteiger partial charge on any atom is -0.508 e. The fourth-order valence-electron chi connectivity index (χ4n) is 1.91. The Hall–Kier alpha value is -1.49. The summed E-state index contributed by atoms with van der Waals surface area (Å²) in [6.07, 6.45) is 1.92. The van der Waals surface area contributed by atoms with Crippen molar-refractivity contribution in [3.63, 3.8) is 0 Å². The number of rotatable bonds is 5. The molecule has 0 aliphatic heterocycles. The molecule has 19 heavy (non-hydrogen) atoms. The summed E-state index contributed by atoms with van der Waals surface area (Å²) in [5.41, 5.74) is 0.579. The van der Waals surface area contributed by atoms with Gasteiger partial charge in [-0.15, -0.1) is 0 Å². The molecule has 1 aromatic carbocycles. The molecular weight excluding hydrogens is 260 g/mol. The number of aromatic nitrogens is 2. The van der Waals surface area contributed by atoms with E-state index in [9.17, 15) is 9.90 Å². The normalized spacial score (nSPS) is 11.1. The molecule has 0 saturated heterocycles. The Morgan fingerprint density at radius 3 is 2.79 bits per heavy atom. The van der Waals surface area contributed by atoms with Crippen molar-refractivity contribution in [2.75, 3.05) is 5.75 Å². The summed E-state index contributed by atoms with van der Waals surface area (Å²) in [6, 6.07) is 4.75. The highest BCUT2D eigenvalue weighted by molar-refractivity contribution is 7.99. The Bertz CT molecular complexity index is 637. The van der Waals surface area contributed by atoms with Crippen LogP contribution in [0.5, 0.6) is 5.75 Å². The van der Waals surface area contributed by atoms with E-state index in [0.717, 1.165) is 23.8 Å². The molecule has 0 aliphatic carbocycles. The third-order valence-corrected chi connectivity index (χ3v) is 3.97. The van der Waals surface area contributed by atoms with Gasteiger partial charge in [0.1, 0.15) is 5.75 Å². The molecule has 0 unspecified atom stereocenters. The molecule has 1 N–H and O–H groups in total. The van der Waals surface area contributed by atoms with Gasteiger partial charge in [0.05, 0.1) is 10.9 Å². The Morgan fingerprint density at radius 2 is 2.11 bits per heavy atom. The second-order valence-electron chi connectivity index (χ2n) is 4.40. The third-order valence-electron chi connectivity index (χ3n) is 2.79. The van der Waals surface area contributed by atoms with Gasteiger partial charge < -0.3 is 5.11 Å². The van der Waals surface area contributed by atoms with Crippen molar-refractivity contribution in [2.24, 2.45) is 0 Å². The highest BCUT2D eigenvalue weighted by Crippen LogP contribution is 2.21. The van der Waals surface area contributed by atoms with E-state index < -0.39 is 0 Å². The molecule has 102 valence electrons. The van der Waals surface area contributed by atoms with Gasteiger partial charge in [-0.2, -0.15) is 0 Å². The van der Waals surface area contributed by atoms with Crippen molar-refractivity contribution in [3.05, 3.63) is 28.6 Å². The predicted octanol–water partition coefficient (Wildman–Crippen LogP) is 3.01. The maximum Gasteiger partial charge on any atom is 0.262 e. The van der Waals surface area contributed by atoms with E-state index >= 15 is 0 Å². The lowest BCUT2D eigenvalue weighted by Crippen LogP contribution is -2.23. The molecule has 0 radical (unpaired) electrons. The summed E-state index contributed by atoms with van der Waals surface area (Å²) in [5, 5.41) is 10.8. The molecule has 2 aromatic rings. The summed E-state index contributed by atoms with van der Waals surface area (Å²) in [6.45, 7) is 4.80. The first kappa shape index (κ1) is 13.9. The number of thioether (sulfide) groups is 1. The molecule has 4 nitrogen and oxygen atoms in total. The molecule has 2 rings (SSSR count). The van der Waals surface area contributed by atoms with Crippen LogP contribution in [0.2, 0.25) is 0 Å². The van der Waals surface area contributed by atoms with Gasteiger partial charge >= 0.3 is 0 Å². The molecule has 0 fully saturated rings. The lowest BCUT2D eigenvalue weighted by molar-refractivity contribution is 0.476. The monoisotopic (exact) mass is 278 g/mol. The summed E-state index contributed by atoms with van der Waals surface area (Å²) in [4.78, 5) is 17.0. The second-order valence-corrected chi connectivity index (χ2v) is 5.46. The van der Waals surface area contributed by atoms with Crippen LogP contribution < -0.4 is 5.56 Å². The number of aromatic hydroxyl groups is 1. The average Bonchev–Trinajstić information content (AvgIpc) is 2.41. The van der Waals surface area contributed by atoms with E-state index in [1.54, 1.807) is 28.5 Å². The van der Waals surface area contributed by atoms with Crippen LogP contribution in [-0.2, 0) is 6.54 Å². The van der Waals surface area contributed by atoms with Crippen molar-refractivity contribution >= 4 is 22.7 Å². The summed E-state index contributed by atoms with van der Waals surface area (Å²) in [7, 11) is 0. The van der Waals surface area contributed by atoms with Crippen LogP contribution in [0.25, 0.3) is 10.9 Å². The van der Waals surface area contributed by atoms with Crippen LogP contribution in [0.1, 0.15) is 26.7 Å². The first-order valence-corrected chi connectivity index (χ1v) is 7.52. The zero-order valence-electron chi connectivity index (χ0n) is 11.2. The zero-order chi connectivity index (χ0) is 13.8. The molecule has 5 heteroatoms. The number of fused-ring (bicyclic) bond motifs is 1. The van der Waals surface area contributed by atoms with Crippen LogP contribution in [0.4, 0.5) is 0 Å². The quantitative estimate of drug-likeness (QED) is 0.674. The molecule has 1 heterocycles. The van der Waals surface area contributed by atoms with E-state index in [4.69, 9.17) is 0 Å². The molecule has 0 amide bonds. The highest BCUT2D eigenvalue weighted by atomic mass is 32.2. The number of hydrogen-bond donors (Lipinski definition) is 1. The molecular formula is C14H18N2O2S. The van der Waals surface area contributed by atoms with E-state index in [1.165, 1.54) is 6.07 Å². The standard InChI is InChI=1S/C14H18N2O2S/c1-3-7-16-13(18)11-9-10(17)5-6-12(11)15-14(16)19-8-4-2/h5-6,9,17H,3-4,7-8H2,1-2H3. The molecule has 0 atom stereocenters. The maximum absolute atomic E-state index is 12.5. The highest BCUT2D eigenvalue weighted by Gasteiger charge is 2.11. The van der Waals surface area contributed by atoms with Gasteiger partial charge in [0.25, 0.3) is 5.56 Å². The number of phenolic OH excluding ortho intramolecular Hbond substituents is 1. The summed E-state index contributed by atoms with van der Waals surface area (Å²) >= 11 is 1.61. The zero-order valence-corrected chi connectivity index (χ0v) is 12.0. The largest absolute Gasteiger partial charge is 0.508 e.